The molecule has 2 N–H and O–H groups in total. The summed E-state index contributed by atoms with van der Waals surface area (Å²) in [5.74, 6) is -0.0904. The second-order valence-electron chi connectivity index (χ2n) is 4.47. The van der Waals surface area contributed by atoms with Crippen LogP contribution in [-0.2, 0) is 11.3 Å². The molecule has 2 aromatic rings. The summed E-state index contributed by atoms with van der Waals surface area (Å²) < 4.78 is 0. The van der Waals surface area contributed by atoms with Crippen molar-refractivity contribution in [1.82, 2.24) is 10.3 Å². The molecule has 4 nitrogen and oxygen atoms in total. The van der Waals surface area contributed by atoms with Gasteiger partial charge in [0.1, 0.15) is 0 Å². The highest BCUT2D eigenvalue weighted by molar-refractivity contribution is 6.30. The SMILES string of the molecule is Cc1ccc(CNCC(=O)Nc2ccc(Cl)cc2)cn1. The zero-order valence-corrected chi connectivity index (χ0v) is 11.9. The fourth-order valence-electron chi connectivity index (χ4n) is 1.66. The van der Waals surface area contributed by atoms with Crippen molar-refractivity contribution in [3.05, 3.63) is 58.9 Å². The summed E-state index contributed by atoms with van der Waals surface area (Å²) in [4.78, 5) is 15.9. The molecule has 0 atom stereocenters. The molecule has 1 aromatic heterocycles. The summed E-state index contributed by atoms with van der Waals surface area (Å²) >= 11 is 5.78. The van der Waals surface area contributed by atoms with Crippen LogP contribution >= 0.6 is 11.6 Å². The van der Waals surface area contributed by atoms with E-state index in [0.29, 0.717) is 11.6 Å². The zero-order chi connectivity index (χ0) is 14.4. The van der Waals surface area contributed by atoms with Gasteiger partial charge in [0.2, 0.25) is 5.91 Å². The number of nitrogens with zero attached hydrogens (tertiary/aromatic N) is 1. The molecule has 1 aromatic carbocycles. The molecule has 0 aliphatic rings. The van der Waals surface area contributed by atoms with E-state index in [1.165, 1.54) is 0 Å². The molecule has 0 saturated carbocycles. The van der Waals surface area contributed by atoms with E-state index in [1.54, 1.807) is 30.5 Å². The van der Waals surface area contributed by atoms with E-state index in [0.717, 1.165) is 16.9 Å². The number of halogens is 1. The van der Waals surface area contributed by atoms with E-state index < -0.39 is 0 Å². The maximum atomic E-state index is 11.7. The van der Waals surface area contributed by atoms with Gasteiger partial charge in [-0.3, -0.25) is 9.78 Å². The number of pyridine rings is 1. The van der Waals surface area contributed by atoms with E-state index in [2.05, 4.69) is 15.6 Å². The Kier molecular flexibility index (Phi) is 5.09. The van der Waals surface area contributed by atoms with Crippen LogP contribution in [0.1, 0.15) is 11.3 Å². The van der Waals surface area contributed by atoms with Crippen molar-refractivity contribution in [3.8, 4) is 0 Å². The van der Waals surface area contributed by atoms with Crippen molar-refractivity contribution < 1.29 is 4.79 Å². The van der Waals surface area contributed by atoms with Crippen molar-refractivity contribution in [2.24, 2.45) is 0 Å². The van der Waals surface area contributed by atoms with Crippen LogP contribution in [0.2, 0.25) is 5.02 Å². The second kappa shape index (κ2) is 7.03. The third-order valence-electron chi connectivity index (χ3n) is 2.72. The Bertz CT molecular complexity index is 567. The number of aromatic nitrogens is 1. The minimum absolute atomic E-state index is 0.0904. The van der Waals surface area contributed by atoms with Gasteiger partial charge in [0.25, 0.3) is 0 Å². The normalized spacial score (nSPS) is 10.3. The highest BCUT2D eigenvalue weighted by atomic mass is 35.5. The van der Waals surface area contributed by atoms with Crippen LogP contribution in [0.4, 0.5) is 5.69 Å². The Balaban J connectivity index is 1.75. The number of hydrogen-bond acceptors (Lipinski definition) is 3. The first-order valence-electron chi connectivity index (χ1n) is 6.31. The number of amides is 1. The van der Waals surface area contributed by atoms with Gasteiger partial charge in [-0.25, -0.2) is 0 Å². The van der Waals surface area contributed by atoms with Crippen molar-refractivity contribution in [3.63, 3.8) is 0 Å². The van der Waals surface area contributed by atoms with Crippen LogP contribution in [0.15, 0.2) is 42.6 Å². The van der Waals surface area contributed by atoms with Gasteiger partial charge in [0.15, 0.2) is 0 Å². The van der Waals surface area contributed by atoms with Gasteiger partial charge in [-0.15, -0.1) is 0 Å². The number of hydrogen-bond donors (Lipinski definition) is 2. The monoisotopic (exact) mass is 289 g/mol. The number of aryl methyl sites for hydroxylation is 1. The van der Waals surface area contributed by atoms with Gasteiger partial charge in [-0.2, -0.15) is 0 Å². The van der Waals surface area contributed by atoms with Crippen molar-refractivity contribution in [2.75, 3.05) is 11.9 Å². The van der Waals surface area contributed by atoms with Gasteiger partial charge in [0, 0.05) is 29.1 Å². The first kappa shape index (κ1) is 14.5. The molecule has 5 heteroatoms. The molecule has 0 fully saturated rings. The predicted octanol–water partition coefficient (Wildman–Crippen LogP) is 2.77. The first-order chi connectivity index (χ1) is 9.63. The summed E-state index contributed by atoms with van der Waals surface area (Å²) in [7, 11) is 0. The second-order valence-corrected chi connectivity index (χ2v) is 4.90. The van der Waals surface area contributed by atoms with E-state index in [4.69, 9.17) is 11.6 Å². The molecular formula is C15H16ClN3O. The highest BCUT2D eigenvalue weighted by Crippen LogP contribution is 2.12. The lowest BCUT2D eigenvalue weighted by Gasteiger charge is -2.07. The maximum Gasteiger partial charge on any atom is 0.238 e. The number of carbonyl (C=O) groups excluding carboxylic acids is 1. The highest BCUT2D eigenvalue weighted by Gasteiger charge is 2.02. The van der Waals surface area contributed by atoms with Crippen LogP contribution in [0.5, 0.6) is 0 Å². The molecule has 104 valence electrons. The average molecular weight is 290 g/mol. The molecule has 2 rings (SSSR count). The number of benzene rings is 1. The van der Waals surface area contributed by atoms with E-state index in [-0.39, 0.29) is 12.5 Å². The molecule has 20 heavy (non-hydrogen) atoms. The van der Waals surface area contributed by atoms with Crippen LogP contribution in [0, 0.1) is 6.92 Å². The van der Waals surface area contributed by atoms with Crippen LogP contribution in [0.25, 0.3) is 0 Å². The Morgan fingerprint density at radius 2 is 1.95 bits per heavy atom. The minimum Gasteiger partial charge on any atom is -0.325 e. The topological polar surface area (TPSA) is 54.0 Å². The smallest absolute Gasteiger partial charge is 0.238 e. The summed E-state index contributed by atoms with van der Waals surface area (Å²) in [6.45, 7) is 2.80. The Morgan fingerprint density at radius 1 is 1.20 bits per heavy atom. The predicted molar refractivity (Wildman–Crippen MR) is 80.8 cm³/mol. The van der Waals surface area contributed by atoms with Crippen molar-refractivity contribution in [1.29, 1.82) is 0 Å². The lowest BCUT2D eigenvalue weighted by molar-refractivity contribution is -0.115. The molecule has 0 unspecified atom stereocenters. The molecule has 0 aliphatic heterocycles. The summed E-state index contributed by atoms with van der Waals surface area (Å²) in [6.07, 6.45) is 1.80. The third-order valence-corrected chi connectivity index (χ3v) is 2.97. The number of rotatable bonds is 5. The average Bonchev–Trinajstić information content (AvgIpc) is 2.44. The molecule has 0 aliphatic carbocycles. The molecule has 0 bridgehead atoms. The van der Waals surface area contributed by atoms with Gasteiger partial charge >= 0.3 is 0 Å². The van der Waals surface area contributed by atoms with Crippen LogP contribution in [0.3, 0.4) is 0 Å². The Labute approximate surface area is 123 Å². The van der Waals surface area contributed by atoms with Gasteiger partial charge in [-0.1, -0.05) is 17.7 Å². The molecule has 1 amide bonds. The van der Waals surface area contributed by atoms with Gasteiger partial charge in [-0.05, 0) is 42.8 Å². The molecule has 1 heterocycles. The summed E-state index contributed by atoms with van der Waals surface area (Å²) in [5.41, 5.74) is 2.77. The number of nitrogens with one attached hydrogen (secondary N) is 2. The van der Waals surface area contributed by atoms with Crippen molar-refractivity contribution in [2.45, 2.75) is 13.5 Å². The van der Waals surface area contributed by atoms with Crippen molar-refractivity contribution >= 4 is 23.2 Å². The maximum absolute atomic E-state index is 11.7. The Hall–Kier alpha value is -1.91. The number of anilines is 1. The lowest BCUT2D eigenvalue weighted by Crippen LogP contribution is -2.27. The fourth-order valence-corrected chi connectivity index (χ4v) is 1.79. The quantitative estimate of drug-likeness (QED) is 0.890. The largest absolute Gasteiger partial charge is 0.325 e. The zero-order valence-electron chi connectivity index (χ0n) is 11.2. The standard InChI is InChI=1S/C15H16ClN3O/c1-11-2-3-12(9-18-11)8-17-10-15(20)19-14-6-4-13(16)5-7-14/h2-7,9,17H,8,10H2,1H3,(H,19,20). The Morgan fingerprint density at radius 3 is 2.60 bits per heavy atom. The first-order valence-corrected chi connectivity index (χ1v) is 6.69. The van der Waals surface area contributed by atoms with E-state index in [1.807, 2.05) is 19.1 Å². The van der Waals surface area contributed by atoms with E-state index >= 15 is 0 Å². The van der Waals surface area contributed by atoms with E-state index in [9.17, 15) is 4.79 Å². The third kappa shape index (κ3) is 4.64. The van der Waals surface area contributed by atoms with Crippen LogP contribution < -0.4 is 10.6 Å². The summed E-state index contributed by atoms with van der Waals surface area (Å²) in [6, 6.07) is 11.0. The molecule has 0 radical (unpaired) electrons. The molecule has 0 saturated heterocycles. The summed E-state index contributed by atoms with van der Waals surface area (Å²) in [5, 5.41) is 6.51. The minimum atomic E-state index is -0.0904. The fraction of sp³-hybridized carbons (Fsp3) is 0.200. The van der Waals surface area contributed by atoms with Crippen LogP contribution in [-0.4, -0.2) is 17.4 Å². The molecular weight excluding hydrogens is 274 g/mol. The van der Waals surface area contributed by atoms with Gasteiger partial charge in [0.05, 0.1) is 6.54 Å². The van der Waals surface area contributed by atoms with Gasteiger partial charge < -0.3 is 10.6 Å². The number of carbonyl (C=O) groups is 1. The molecule has 0 spiro atoms. The lowest BCUT2D eigenvalue weighted by atomic mass is 10.2.